The number of phenolic OH excluding ortho intramolecular Hbond substituents is 1. The summed E-state index contributed by atoms with van der Waals surface area (Å²) >= 11 is 0. The highest BCUT2D eigenvalue weighted by Crippen LogP contribution is 2.51. The van der Waals surface area contributed by atoms with Crippen molar-refractivity contribution in [2.75, 3.05) is 6.54 Å². The van der Waals surface area contributed by atoms with Gasteiger partial charge < -0.3 is 5.11 Å². The average Bonchev–Trinajstić information content (AvgIpc) is 3.28. The van der Waals surface area contributed by atoms with Crippen LogP contribution in [-0.2, 0) is 11.8 Å². The first-order valence-corrected chi connectivity index (χ1v) is 8.59. The smallest absolute Gasteiger partial charge is 0.115 e. The largest absolute Gasteiger partial charge is 0.508 e. The van der Waals surface area contributed by atoms with Crippen molar-refractivity contribution in [1.82, 2.24) is 4.90 Å². The van der Waals surface area contributed by atoms with E-state index in [0.29, 0.717) is 17.7 Å². The number of rotatable bonds is 2. The van der Waals surface area contributed by atoms with Gasteiger partial charge in [-0.05, 0) is 79.7 Å². The Morgan fingerprint density at radius 3 is 2.81 bits per heavy atom. The van der Waals surface area contributed by atoms with Crippen molar-refractivity contribution in [1.29, 1.82) is 0 Å². The van der Waals surface area contributed by atoms with Gasteiger partial charge in [0.15, 0.2) is 0 Å². The molecule has 2 aliphatic carbocycles. The molecule has 1 aromatic rings. The first-order chi connectivity index (χ1) is 10.0. The lowest BCUT2D eigenvalue weighted by Crippen LogP contribution is -2.60. The number of phenols is 1. The van der Waals surface area contributed by atoms with Gasteiger partial charge in [-0.15, -0.1) is 0 Å². The summed E-state index contributed by atoms with van der Waals surface area (Å²) in [6, 6.07) is 7.48. The van der Waals surface area contributed by atoms with E-state index in [1.165, 1.54) is 36.9 Å². The highest BCUT2D eigenvalue weighted by Gasteiger charge is 2.50. The number of hydrogen-bond donors (Lipinski definition) is 1. The van der Waals surface area contributed by atoms with Gasteiger partial charge >= 0.3 is 0 Å². The predicted octanol–water partition coefficient (Wildman–Crippen LogP) is 3.71. The lowest BCUT2D eigenvalue weighted by Gasteiger charge is -2.56. The third kappa shape index (κ3) is 1.95. The van der Waals surface area contributed by atoms with Crippen LogP contribution >= 0.6 is 0 Å². The number of nitrogens with zero attached hydrogens (tertiary/aromatic N) is 1. The van der Waals surface area contributed by atoms with Crippen molar-refractivity contribution in [2.45, 2.75) is 64.0 Å². The highest BCUT2D eigenvalue weighted by molar-refractivity contribution is 5.44. The monoisotopic (exact) mass is 285 g/mol. The molecule has 1 heterocycles. The van der Waals surface area contributed by atoms with E-state index in [1.54, 1.807) is 0 Å². The summed E-state index contributed by atoms with van der Waals surface area (Å²) in [7, 11) is 0. The van der Waals surface area contributed by atoms with Gasteiger partial charge in [0.2, 0.25) is 0 Å². The molecule has 0 aromatic heterocycles. The highest BCUT2D eigenvalue weighted by atomic mass is 16.3. The summed E-state index contributed by atoms with van der Waals surface area (Å²) in [5.74, 6) is 2.04. The fourth-order valence-corrected chi connectivity index (χ4v) is 5.00. The van der Waals surface area contributed by atoms with E-state index in [0.717, 1.165) is 18.4 Å². The normalized spacial score (nSPS) is 37.1. The Labute approximate surface area is 128 Å². The fourth-order valence-electron chi connectivity index (χ4n) is 5.00. The zero-order chi connectivity index (χ0) is 14.8. The van der Waals surface area contributed by atoms with Crippen LogP contribution in [0, 0.1) is 11.8 Å². The molecule has 1 saturated heterocycles. The average molecular weight is 285 g/mol. The van der Waals surface area contributed by atoms with Crippen LogP contribution in [0.4, 0.5) is 0 Å². The summed E-state index contributed by atoms with van der Waals surface area (Å²) in [5.41, 5.74) is 3.10. The van der Waals surface area contributed by atoms with Crippen LogP contribution in [0.5, 0.6) is 5.75 Å². The zero-order valence-electron chi connectivity index (χ0n) is 13.5. The van der Waals surface area contributed by atoms with Crippen molar-refractivity contribution in [3.05, 3.63) is 29.3 Å². The fraction of sp³-hybridized carbons (Fsp3) is 0.684. The molecule has 1 aromatic carbocycles. The van der Waals surface area contributed by atoms with Gasteiger partial charge in [0.05, 0.1) is 0 Å². The Kier molecular flexibility index (Phi) is 2.91. The molecule has 21 heavy (non-hydrogen) atoms. The van der Waals surface area contributed by atoms with Gasteiger partial charge in [-0.25, -0.2) is 0 Å². The van der Waals surface area contributed by atoms with Crippen molar-refractivity contribution < 1.29 is 5.11 Å². The van der Waals surface area contributed by atoms with Crippen molar-refractivity contribution >= 4 is 0 Å². The number of likely N-dealkylation sites (tertiary alicyclic amines) is 1. The molecule has 4 atom stereocenters. The Bertz CT molecular complexity index is 565. The molecule has 1 N–H and O–H groups in total. The minimum Gasteiger partial charge on any atom is -0.508 e. The Hall–Kier alpha value is -1.02. The first-order valence-electron chi connectivity index (χ1n) is 8.59. The molecule has 4 rings (SSSR count). The summed E-state index contributed by atoms with van der Waals surface area (Å²) in [5, 5.41) is 9.90. The number of hydrogen-bond acceptors (Lipinski definition) is 2. The topological polar surface area (TPSA) is 23.5 Å². The third-order valence-electron chi connectivity index (χ3n) is 6.86. The van der Waals surface area contributed by atoms with Crippen LogP contribution in [0.3, 0.4) is 0 Å². The van der Waals surface area contributed by atoms with Gasteiger partial charge in [-0.3, -0.25) is 4.90 Å². The number of benzene rings is 1. The molecule has 0 unspecified atom stereocenters. The minimum atomic E-state index is 0.233. The van der Waals surface area contributed by atoms with Gasteiger partial charge in [-0.1, -0.05) is 19.9 Å². The first kappa shape index (κ1) is 13.6. The third-order valence-corrected chi connectivity index (χ3v) is 6.86. The molecule has 0 amide bonds. The Morgan fingerprint density at radius 1 is 1.33 bits per heavy atom. The maximum atomic E-state index is 9.90. The van der Waals surface area contributed by atoms with Crippen LogP contribution in [0.25, 0.3) is 0 Å². The predicted molar refractivity (Wildman–Crippen MR) is 85.6 cm³/mol. The molecule has 2 bridgehead atoms. The SMILES string of the molecule is C[C@@H](C1CC1)N1CC[C@@]2(C)c3cc(O)ccc3C[C@@H]1[C@@H]2C. The van der Waals surface area contributed by atoms with E-state index in [-0.39, 0.29) is 5.41 Å². The van der Waals surface area contributed by atoms with Crippen LogP contribution in [0.15, 0.2) is 18.2 Å². The van der Waals surface area contributed by atoms with Crippen LogP contribution < -0.4 is 0 Å². The van der Waals surface area contributed by atoms with Crippen molar-refractivity contribution in [3.63, 3.8) is 0 Å². The maximum absolute atomic E-state index is 9.90. The lowest BCUT2D eigenvalue weighted by atomic mass is 9.58. The number of piperidine rings is 1. The maximum Gasteiger partial charge on any atom is 0.115 e. The Balaban J connectivity index is 1.73. The second-order valence-corrected chi connectivity index (χ2v) is 7.88. The molecule has 0 radical (unpaired) electrons. The van der Waals surface area contributed by atoms with E-state index in [1.807, 2.05) is 12.1 Å². The van der Waals surface area contributed by atoms with Gasteiger partial charge in [0.1, 0.15) is 5.75 Å². The number of fused-ring (bicyclic) bond motifs is 4. The molecule has 0 spiro atoms. The van der Waals surface area contributed by atoms with E-state index in [4.69, 9.17) is 0 Å². The molecule has 114 valence electrons. The quantitative estimate of drug-likeness (QED) is 0.895. The van der Waals surface area contributed by atoms with E-state index in [2.05, 4.69) is 31.7 Å². The van der Waals surface area contributed by atoms with Crippen LogP contribution in [0.2, 0.25) is 0 Å². The summed E-state index contributed by atoms with van der Waals surface area (Å²) in [6.07, 6.45) is 5.24. The molecule has 3 aliphatic rings. The van der Waals surface area contributed by atoms with Gasteiger partial charge in [-0.2, -0.15) is 0 Å². The second kappa shape index (κ2) is 4.49. The standard InChI is InChI=1S/C19H27NO/c1-12-18-10-15-6-7-16(21)11-17(15)19(12,3)8-9-20(18)13(2)14-4-5-14/h6-7,11-14,18,21H,4-5,8-10H2,1-3H3/t12-,13-,18+,19+/m0/s1. The Morgan fingerprint density at radius 2 is 2.10 bits per heavy atom. The molecule has 2 fully saturated rings. The molecule has 1 aliphatic heterocycles. The zero-order valence-corrected chi connectivity index (χ0v) is 13.5. The van der Waals surface area contributed by atoms with Gasteiger partial charge in [0.25, 0.3) is 0 Å². The van der Waals surface area contributed by atoms with Crippen LogP contribution in [0.1, 0.15) is 51.2 Å². The molecule has 2 heteroatoms. The molecular weight excluding hydrogens is 258 g/mol. The van der Waals surface area contributed by atoms with Crippen molar-refractivity contribution in [2.24, 2.45) is 11.8 Å². The summed E-state index contributed by atoms with van der Waals surface area (Å²) < 4.78 is 0. The second-order valence-electron chi connectivity index (χ2n) is 7.88. The minimum absolute atomic E-state index is 0.233. The lowest BCUT2D eigenvalue weighted by molar-refractivity contribution is 0.000427. The van der Waals surface area contributed by atoms with E-state index < -0.39 is 0 Å². The van der Waals surface area contributed by atoms with E-state index in [9.17, 15) is 5.11 Å². The number of aromatic hydroxyl groups is 1. The molecular formula is C19H27NO. The molecule has 2 nitrogen and oxygen atoms in total. The summed E-state index contributed by atoms with van der Waals surface area (Å²) in [4.78, 5) is 2.81. The van der Waals surface area contributed by atoms with Crippen LogP contribution in [-0.4, -0.2) is 28.6 Å². The summed E-state index contributed by atoms with van der Waals surface area (Å²) in [6.45, 7) is 8.52. The molecule has 1 saturated carbocycles. The van der Waals surface area contributed by atoms with E-state index >= 15 is 0 Å². The van der Waals surface area contributed by atoms with Crippen molar-refractivity contribution in [3.8, 4) is 5.75 Å². The van der Waals surface area contributed by atoms with Gasteiger partial charge in [0, 0.05) is 12.1 Å².